The summed E-state index contributed by atoms with van der Waals surface area (Å²) in [6, 6.07) is 3.81. The number of rotatable bonds is 4. The number of Topliss-reactive ketones (excluding diaryl/α,β-unsaturated/α-hetero) is 1. The Morgan fingerprint density at radius 3 is 3.06 bits per heavy atom. The van der Waals surface area contributed by atoms with Gasteiger partial charge in [0.1, 0.15) is 0 Å². The number of hydrogen-bond acceptors (Lipinski definition) is 3. The van der Waals surface area contributed by atoms with E-state index in [1.165, 1.54) is 0 Å². The number of nitrogens with zero attached hydrogens (tertiary/aromatic N) is 3. The van der Waals surface area contributed by atoms with Crippen LogP contribution in [0.2, 0.25) is 0 Å². The van der Waals surface area contributed by atoms with Crippen molar-refractivity contribution < 1.29 is 4.79 Å². The average Bonchev–Trinajstić information content (AvgIpc) is 2.78. The highest BCUT2D eigenvalue weighted by Gasteiger charge is 2.04. The molecule has 2 rings (SSSR count). The summed E-state index contributed by atoms with van der Waals surface area (Å²) >= 11 is 0. The Morgan fingerprint density at radius 2 is 2.38 bits per heavy atom. The fourth-order valence-corrected chi connectivity index (χ4v) is 1.43. The normalized spacial score (nSPS) is 10.3. The molecule has 4 heteroatoms. The second-order valence-electron chi connectivity index (χ2n) is 3.57. The van der Waals surface area contributed by atoms with E-state index in [4.69, 9.17) is 0 Å². The second-order valence-corrected chi connectivity index (χ2v) is 3.57. The summed E-state index contributed by atoms with van der Waals surface area (Å²) in [6.07, 6.45) is 7.58. The first-order chi connectivity index (χ1) is 7.79. The summed E-state index contributed by atoms with van der Waals surface area (Å²) in [5, 5.41) is 0. The minimum Gasteiger partial charge on any atom is -0.329 e. The Bertz CT molecular complexity index is 476. The first-order valence-electron chi connectivity index (χ1n) is 5.23. The minimum absolute atomic E-state index is 0.204. The standard InChI is InChI=1S/C12H13N3O/c1-2-11(16)7-15-8-12(14-9-15)10-4-3-5-13-6-10/h3-6,8-9H,2,7H2,1H3. The predicted molar refractivity (Wildman–Crippen MR) is 60.8 cm³/mol. The predicted octanol–water partition coefficient (Wildman–Crippen LogP) is 1.92. The van der Waals surface area contributed by atoms with Crippen LogP contribution in [0.15, 0.2) is 37.1 Å². The summed E-state index contributed by atoms with van der Waals surface area (Å²) in [4.78, 5) is 19.5. The molecule has 0 unspecified atom stereocenters. The van der Waals surface area contributed by atoms with Gasteiger partial charge in [0, 0.05) is 30.6 Å². The molecule has 0 aliphatic rings. The van der Waals surface area contributed by atoms with E-state index in [1.54, 1.807) is 23.3 Å². The Hall–Kier alpha value is -1.97. The average molecular weight is 215 g/mol. The van der Waals surface area contributed by atoms with Crippen LogP contribution in [-0.2, 0) is 11.3 Å². The van der Waals surface area contributed by atoms with Crippen molar-refractivity contribution in [1.29, 1.82) is 0 Å². The molecule has 0 aliphatic heterocycles. The zero-order valence-corrected chi connectivity index (χ0v) is 9.13. The van der Waals surface area contributed by atoms with E-state index < -0.39 is 0 Å². The van der Waals surface area contributed by atoms with Crippen LogP contribution < -0.4 is 0 Å². The van der Waals surface area contributed by atoms with Gasteiger partial charge in [0.2, 0.25) is 0 Å². The van der Waals surface area contributed by atoms with Gasteiger partial charge in [-0.3, -0.25) is 9.78 Å². The summed E-state index contributed by atoms with van der Waals surface area (Å²) in [7, 11) is 0. The van der Waals surface area contributed by atoms with Crippen molar-refractivity contribution in [2.45, 2.75) is 19.9 Å². The molecule has 4 nitrogen and oxygen atoms in total. The summed E-state index contributed by atoms with van der Waals surface area (Å²) < 4.78 is 1.80. The van der Waals surface area contributed by atoms with Crippen molar-refractivity contribution >= 4 is 5.78 Å². The molecule has 2 aromatic rings. The van der Waals surface area contributed by atoms with E-state index in [-0.39, 0.29) is 5.78 Å². The number of imidazole rings is 1. The maximum Gasteiger partial charge on any atom is 0.152 e. The largest absolute Gasteiger partial charge is 0.329 e. The van der Waals surface area contributed by atoms with Crippen LogP contribution in [0.5, 0.6) is 0 Å². The lowest BCUT2D eigenvalue weighted by Gasteiger charge is -1.97. The molecule has 2 aromatic heterocycles. The Kier molecular flexibility index (Phi) is 3.10. The third-order valence-corrected chi connectivity index (χ3v) is 2.34. The van der Waals surface area contributed by atoms with Gasteiger partial charge in [0.15, 0.2) is 5.78 Å². The van der Waals surface area contributed by atoms with E-state index in [2.05, 4.69) is 9.97 Å². The van der Waals surface area contributed by atoms with Crippen LogP contribution in [0, 0.1) is 0 Å². The summed E-state index contributed by atoms with van der Waals surface area (Å²) in [5.41, 5.74) is 1.81. The van der Waals surface area contributed by atoms with Crippen LogP contribution >= 0.6 is 0 Å². The summed E-state index contributed by atoms with van der Waals surface area (Å²) in [5.74, 6) is 0.204. The minimum atomic E-state index is 0.204. The Labute approximate surface area is 94.0 Å². The van der Waals surface area contributed by atoms with E-state index in [1.807, 2.05) is 25.3 Å². The third-order valence-electron chi connectivity index (χ3n) is 2.34. The quantitative estimate of drug-likeness (QED) is 0.782. The molecule has 0 N–H and O–H groups in total. The van der Waals surface area contributed by atoms with Crippen LogP contribution in [0.4, 0.5) is 0 Å². The van der Waals surface area contributed by atoms with Gasteiger partial charge in [-0.15, -0.1) is 0 Å². The monoisotopic (exact) mass is 215 g/mol. The molecular weight excluding hydrogens is 202 g/mol. The van der Waals surface area contributed by atoms with Crippen LogP contribution in [0.1, 0.15) is 13.3 Å². The smallest absolute Gasteiger partial charge is 0.152 e. The van der Waals surface area contributed by atoms with E-state index in [0.717, 1.165) is 11.3 Å². The molecule has 0 atom stereocenters. The number of ketones is 1. The molecule has 0 saturated heterocycles. The van der Waals surface area contributed by atoms with Crippen LogP contribution in [0.25, 0.3) is 11.3 Å². The maximum absolute atomic E-state index is 11.3. The maximum atomic E-state index is 11.3. The van der Waals surface area contributed by atoms with Crippen molar-refractivity contribution in [2.24, 2.45) is 0 Å². The zero-order chi connectivity index (χ0) is 11.4. The van der Waals surface area contributed by atoms with E-state index in [9.17, 15) is 4.79 Å². The van der Waals surface area contributed by atoms with Gasteiger partial charge in [-0.1, -0.05) is 6.92 Å². The molecule has 0 amide bonds. The highest BCUT2D eigenvalue weighted by molar-refractivity contribution is 5.77. The van der Waals surface area contributed by atoms with Gasteiger partial charge in [0.05, 0.1) is 18.6 Å². The zero-order valence-electron chi connectivity index (χ0n) is 9.13. The lowest BCUT2D eigenvalue weighted by Crippen LogP contribution is -2.06. The molecule has 16 heavy (non-hydrogen) atoms. The Balaban J connectivity index is 2.17. The molecule has 0 aromatic carbocycles. The van der Waals surface area contributed by atoms with Gasteiger partial charge in [-0.05, 0) is 12.1 Å². The van der Waals surface area contributed by atoms with Crippen LogP contribution in [0.3, 0.4) is 0 Å². The van der Waals surface area contributed by atoms with E-state index in [0.29, 0.717) is 13.0 Å². The molecule has 0 aliphatic carbocycles. The van der Waals surface area contributed by atoms with Crippen molar-refractivity contribution in [2.75, 3.05) is 0 Å². The van der Waals surface area contributed by atoms with Gasteiger partial charge in [0.25, 0.3) is 0 Å². The molecule has 82 valence electrons. The molecular formula is C12H13N3O. The van der Waals surface area contributed by atoms with Crippen molar-refractivity contribution in [3.05, 3.63) is 37.1 Å². The van der Waals surface area contributed by atoms with Crippen LogP contribution in [-0.4, -0.2) is 20.3 Å². The summed E-state index contributed by atoms with van der Waals surface area (Å²) in [6.45, 7) is 2.26. The first-order valence-corrected chi connectivity index (χ1v) is 5.23. The number of hydrogen-bond donors (Lipinski definition) is 0. The molecule has 0 bridgehead atoms. The van der Waals surface area contributed by atoms with Crippen molar-refractivity contribution in [1.82, 2.24) is 14.5 Å². The first kappa shape index (κ1) is 10.5. The highest BCUT2D eigenvalue weighted by Crippen LogP contribution is 2.14. The molecule has 0 fully saturated rings. The topological polar surface area (TPSA) is 47.8 Å². The fraction of sp³-hybridized carbons (Fsp3) is 0.250. The van der Waals surface area contributed by atoms with Gasteiger partial charge >= 0.3 is 0 Å². The fourth-order valence-electron chi connectivity index (χ4n) is 1.43. The SMILES string of the molecule is CCC(=O)Cn1cnc(-c2cccnc2)c1. The van der Waals surface area contributed by atoms with E-state index >= 15 is 0 Å². The lowest BCUT2D eigenvalue weighted by atomic mass is 10.2. The van der Waals surface area contributed by atoms with Gasteiger partial charge in [-0.2, -0.15) is 0 Å². The number of carbonyl (C=O) groups excluding carboxylic acids is 1. The molecule has 0 spiro atoms. The molecule has 0 radical (unpaired) electrons. The van der Waals surface area contributed by atoms with Gasteiger partial charge in [-0.25, -0.2) is 4.98 Å². The molecule has 2 heterocycles. The number of carbonyl (C=O) groups is 1. The number of pyridine rings is 1. The second kappa shape index (κ2) is 4.70. The third kappa shape index (κ3) is 2.34. The van der Waals surface area contributed by atoms with Crippen molar-refractivity contribution in [3.8, 4) is 11.3 Å². The van der Waals surface area contributed by atoms with Crippen molar-refractivity contribution in [3.63, 3.8) is 0 Å². The molecule has 0 saturated carbocycles. The Morgan fingerprint density at radius 1 is 1.50 bits per heavy atom. The van der Waals surface area contributed by atoms with Gasteiger partial charge < -0.3 is 4.57 Å². The number of aromatic nitrogens is 3. The lowest BCUT2D eigenvalue weighted by molar-refractivity contribution is -0.119. The highest BCUT2D eigenvalue weighted by atomic mass is 16.1.